The van der Waals surface area contributed by atoms with Gasteiger partial charge in [0.25, 0.3) is 0 Å². The fourth-order valence-corrected chi connectivity index (χ4v) is 2.80. The van der Waals surface area contributed by atoms with Crippen molar-refractivity contribution in [3.63, 3.8) is 0 Å². The first-order valence-corrected chi connectivity index (χ1v) is 8.26. The molecule has 21 heavy (non-hydrogen) atoms. The highest BCUT2D eigenvalue weighted by molar-refractivity contribution is 9.10. The SMILES string of the molecule is CCCNC(Cc1ncnn1CCC)c1ncccc1Br. The number of halogens is 1. The van der Waals surface area contributed by atoms with E-state index < -0.39 is 0 Å². The Morgan fingerprint density at radius 3 is 2.86 bits per heavy atom. The van der Waals surface area contributed by atoms with Crippen LogP contribution in [0, 0.1) is 0 Å². The maximum atomic E-state index is 4.52. The zero-order chi connectivity index (χ0) is 15.1. The lowest BCUT2D eigenvalue weighted by molar-refractivity contribution is 0.479. The first kappa shape index (κ1) is 16.1. The Morgan fingerprint density at radius 1 is 1.29 bits per heavy atom. The van der Waals surface area contributed by atoms with Gasteiger partial charge in [0.05, 0.1) is 11.7 Å². The fraction of sp³-hybridized carbons (Fsp3) is 0.533. The zero-order valence-corrected chi connectivity index (χ0v) is 14.2. The van der Waals surface area contributed by atoms with E-state index in [2.05, 4.69) is 50.2 Å². The van der Waals surface area contributed by atoms with Gasteiger partial charge in [-0.15, -0.1) is 0 Å². The van der Waals surface area contributed by atoms with Crippen molar-refractivity contribution in [2.75, 3.05) is 6.54 Å². The topological polar surface area (TPSA) is 55.6 Å². The highest BCUT2D eigenvalue weighted by Crippen LogP contribution is 2.23. The largest absolute Gasteiger partial charge is 0.308 e. The Hall–Kier alpha value is -1.27. The molecule has 0 aliphatic heterocycles. The molecule has 114 valence electrons. The molecule has 1 unspecified atom stereocenters. The predicted molar refractivity (Wildman–Crippen MR) is 87.0 cm³/mol. The Labute approximate surface area is 134 Å². The predicted octanol–water partition coefficient (Wildman–Crippen LogP) is 3.13. The van der Waals surface area contributed by atoms with Gasteiger partial charge < -0.3 is 5.32 Å². The molecule has 0 radical (unpaired) electrons. The van der Waals surface area contributed by atoms with Crippen LogP contribution in [0.2, 0.25) is 0 Å². The van der Waals surface area contributed by atoms with E-state index in [4.69, 9.17) is 0 Å². The summed E-state index contributed by atoms with van der Waals surface area (Å²) in [6.45, 7) is 6.17. The summed E-state index contributed by atoms with van der Waals surface area (Å²) in [5.41, 5.74) is 1.02. The van der Waals surface area contributed by atoms with Gasteiger partial charge in [-0.2, -0.15) is 5.10 Å². The molecule has 0 aromatic carbocycles. The van der Waals surface area contributed by atoms with E-state index in [-0.39, 0.29) is 6.04 Å². The van der Waals surface area contributed by atoms with Gasteiger partial charge >= 0.3 is 0 Å². The van der Waals surface area contributed by atoms with Crippen LogP contribution in [0.3, 0.4) is 0 Å². The van der Waals surface area contributed by atoms with E-state index in [9.17, 15) is 0 Å². The molecule has 0 saturated carbocycles. The Balaban J connectivity index is 2.20. The van der Waals surface area contributed by atoms with Crippen LogP contribution in [-0.2, 0) is 13.0 Å². The normalized spacial score (nSPS) is 12.5. The molecule has 2 heterocycles. The van der Waals surface area contributed by atoms with E-state index in [0.717, 1.165) is 48.3 Å². The van der Waals surface area contributed by atoms with Crippen molar-refractivity contribution in [3.8, 4) is 0 Å². The number of hydrogen-bond donors (Lipinski definition) is 1. The van der Waals surface area contributed by atoms with Gasteiger partial charge in [-0.25, -0.2) is 4.98 Å². The second-order valence-electron chi connectivity index (χ2n) is 4.98. The molecule has 0 aliphatic carbocycles. The van der Waals surface area contributed by atoms with E-state index in [1.165, 1.54) is 0 Å². The summed E-state index contributed by atoms with van der Waals surface area (Å²) in [6.07, 6.45) is 6.39. The third-order valence-electron chi connectivity index (χ3n) is 3.28. The number of nitrogens with one attached hydrogen (secondary N) is 1. The third kappa shape index (κ3) is 4.35. The lowest BCUT2D eigenvalue weighted by Crippen LogP contribution is -2.26. The Kier molecular flexibility index (Phi) is 6.32. The average Bonchev–Trinajstić information content (AvgIpc) is 2.92. The lowest BCUT2D eigenvalue weighted by atomic mass is 10.1. The van der Waals surface area contributed by atoms with Crippen LogP contribution >= 0.6 is 15.9 Å². The summed E-state index contributed by atoms with van der Waals surface area (Å²) >= 11 is 3.60. The second-order valence-corrected chi connectivity index (χ2v) is 5.84. The molecule has 2 aromatic rings. The summed E-state index contributed by atoms with van der Waals surface area (Å²) in [6, 6.07) is 4.10. The monoisotopic (exact) mass is 351 g/mol. The molecule has 0 aliphatic rings. The summed E-state index contributed by atoms with van der Waals surface area (Å²) in [7, 11) is 0. The minimum absolute atomic E-state index is 0.139. The molecule has 0 saturated heterocycles. The number of rotatable bonds is 8. The van der Waals surface area contributed by atoms with Crippen molar-refractivity contribution >= 4 is 15.9 Å². The van der Waals surface area contributed by atoms with E-state index in [0.29, 0.717) is 0 Å². The van der Waals surface area contributed by atoms with Gasteiger partial charge in [0.2, 0.25) is 0 Å². The molecular formula is C15H22BrN5. The van der Waals surface area contributed by atoms with E-state index in [1.54, 1.807) is 6.33 Å². The van der Waals surface area contributed by atoms with E-state index in [1.807, 2.05) is 23.0 Å². The van der Waals surface area contributed by atoms with Crippen molar-refractivity contribution in [1.82, 2.24) is 25.1 Å². The second kappa shape index (κ2) is 8.24. The minimum Gasteiger partial charge on any atom is -0.308 e. The molecule has 0 bridgehead atoms. The van der Waals surface area contributed by atoms with Crippen molar-refractivity contribution in [1.29, 1.82) is 0 Å². The maximum absolute atomic E-state index is 4.52. The van der Waals surface area contributed by atoms with Gasteiger partial charge in [0.1, 0.15) is 12.2 Å². The molecule has 1 atom stereocenters. The van der Waals surface area contributed by atoms with Gasteiger partial charge in [-0.05, 0) is 47.4 Å². The summed E-state index contributed by atoms with van der Waals surface area (Å²) in [5, 5.41) is 7.86. The van der Waals surface area contributed by atoms with E-state index >= 15 is 0 Å². The number of nitrogens with zero attached hydrogens (tertiary/aromatic N) is 4. The Morgan fingerprint density at radius 2 is 2.14 bits per heavy atom. The number of aromatic nitrogens is 4. The molecule has 0 fully saturated rings. The molecule has 2 rings (SSSR count). The highest BCUT2D eigenvalue weighted by atomic mass is 79.9. The number of pyridine rings is 1. The van der Waals surface area contributed by atoms with Gasteiger partial charge in [-0.1, -0.05) is 13.8 Å². The zero-order valence-electron chi connectivity index (χ0n) is 12.6. The van der Waals surface area contributed by atoms with Gasteiger partial charge in [0.15, 0.2) is 0 Å². The Bertz CT molecular complexity index is 555. The van der Waals surface area contributed by atoms with Crippen molar-refractivity contribution < 1.29 is 0 Å². The minimum atomic E-state index is 0.139. The van der Waals surface area contributed by atoms with Gasteiger partial charge in [-0.3, -0.25) is 9.67 Å². The average molecular weight is 352 g/mol. The van der Waals surface area contributed by atoms with Crippen LogP contribution in [-0.4, -0.2) is 26.3 Å². The smallest absolute Gasteiger partial charge is 0.138 e. The first-order valence-electron chi connectivity index (χ1n) is 7.46. The maximum Gasteiger partial charge on any atom is 0.138 e. The molecule has 6 heteroatoms. The lowest BCUT2D eigenvalue weighted by Gasteiger charge is -2.19. The van der Waals surface area contributed by atoms with Crippen molar-refractivity contribution in [2.24, 2.45) is 0 Å². The molecule has 0 amide bonds. The summed E-state index contributed by atoms with van der Waals surface area (Å²) in [5.74, 6) is 1.00. The van der Waals surface area contributed by atoms with Crippen LogP contribution < -0.4 is 5.32 Å². The van der Waals surface area contributed by atoms with Crippen molar-refractivity contribution in [3.05, 3.63) is 40.6 Å². The number of aryl methyl sites for hydroxylation is 1. The van der Waals surface area contributed by atoms with Crippen molar-refractivity contribution in [2.45, 2.75) is 45.7 Å². The molecule has 5 nitrogen and oxygen atoms in total. The fourth-order valence-electron chi connectivity index (χ4n) is 2.27. The van der Waals surface area contributed by atoms with Crippen LogP contribution in [0.15, 0.2) is 29.1 Å². The first-order chi connectivity index (χ1) is 10.3. The standard InChI is InChI=1S/C15H22BrN5/c1-3-7-17-13(15-12(16)6-5-8-18-15)10-14-19-11-20-21(14)9-4-2/h5-6,8,11,13,17H,3-4,7,9-10H2,1-2H3. The molecule has 0 spiro atoms. The van der Waals surface area contributed by atoms with Crippen LogP contribution in [0.4, 0.5) is 0 Å². The summed E-state index contributed by atoms with van der Waals surface area (Å²) in [4.78, 5) is 8.93. The molecule has 2 aromatic heterocycles. The molecular weight excluding hydrogens is 330 g/mol. The van der Waals surface area contributed by atoms with Crippen LogP contribution in [0.25, 0.3) is 0 Å². The molecule has 1 N–H and O–H groups in total. The summed E-state index contributed by atoms with van der Waals surface area (Å²) < 4.78 is 3.01. The van der Waals surface area contributed by atoms with Gasteiger partial charge in [0, 0.05) is 23.6 Å². The number of hydrogen-bond acceptors (Lipinski definition) is 4. The highest BCUT2D eigenvalue weighted by Gasteiger charge is 2.18. The van der Waals surface area contributed by atoms with Crippen LogP contribution in [0.1, 0.15) is 44.2 Å². The quantitative estimate of drug-likeness (QED) is 0.793. The van der Waals surface area contributed by atoms with Crippen LogP contribution in [0.5, 0.6) is 0 Å². The third-order valence-corrected chi connectivity index (χ3v) is 3.95.